The molecule has 0 aliphatic carbocycles. The number of aromatic nitrogens is 1. The highest BCUT2D eigenvalue weighted by Gasteiger charge is 2.26. The zero-order valence-corrected chi connectivity index (χ0v) is 20.5. The first-order valence-electron chi connectivity index (χ1n) is 10.9. The quantitative estimate of drug-likeness (QED) is 0.357. The van der Waals surface area contributed by atoms with Gasteiger partial charge in [-0.15, -0.1) is 0 Å². The van der Waals surface area contributed by atoms with E-state index in [9.17, 15) is 18.0 Å². The van der Waals surface area contributed by atoms with Gasteiger partial charge in [-0.25, -0.2) is 13.2 Å². The Morgan fingerprint density at radius 1 is 1.03 bits per heavy atom. The number of nitrogens with one attached hydrogen (secondary N) is 2. The Morgan fingerprint density at radius 2 is 1.74 bits per heavy atom. The lowest BCUT2D eigenvalue weighted by molar-refractivity contribution is -0.122. The van der Waals surface area contributed by atoms with Gasteiger partial charge < -0.3 is 9.73 Å². The summed E-state index contributed by atoms with van der Waals surface area (Å²) in [5.74, 6) is -1.04. The lowest BCUT2D eigenvalue weighted by atomic mass is 10.1. The molecule has 0 fully saturated rings. The molecule has 1 heterocycles. The van der Waals surface area contributed by atoms with E-state index in [1.54, 1.807) is 12.1 Å². The maximum Gasteiger partial charge on any atom is 0.419 e. The summed E-state index contributed by atoms with van der Waals surface area (Å²) >= 11 is 5.91. The molecular weight excluding hydrogens is 490 g/mol. The zero-order chi connectivity index (χ0) is 25.0. The van der Waals surface area contributed by atoms with Crippen LogP contribution in [0.4, 0.5) is 0 Å². The maximum absolute atomic E-state index is 13.2. The molecule has 10 heteroatoms. The van der Waals surface area contributed by atoms with E-state index >= 15 is 0 Å². The van der Waals surface area contributed by atoms with Crippen molar-refractivity contribution in [2.24, 2.45) is 7.05 Å². The van der Waals surface area contributed by atoms with Crippen molar-refractivity contribution in [1.82, 2.24) is 14.6 Å². The van der Waals surface area contributed by atoms with E-state index < -0.39 is 27.7 Å². The third kappa shape index (κ3) is 6.00. The molecule has 1 atom stereocenters. The molecule has 35 heavy (non-hydrogen) atoms. The Bertz CT molecular complexity index is 1500. The van der Waals surface area contributed by atoms with Crippen molar-refractivity contribution in [3.63, 3.8) is 0 Å². The highest BCUT2D eigenvalue weighted by Crippen LogP contribution is 2.19. The van der Waals surface area contributed by atoms with Crippen molar-refractivity contribution in [2.75, 3.05) is 6.54 Å². The second-order valence-corrected chi connectivity index (χ2v) is 10.2. The molecule has 3 aromatic carbocycles. The Hall–Kier alpha value is -3.40. The third-order valence-corrected chi connectivity index (χ3v) is 7.32. The number of benzene rings is 3. The van der Waals surface area contributed by atoms with Gasteiger partial charge >= 0.3 is 5.76 Å². The average Bonchev–Trinajstić information content (AvgIpc) is 3.13. The SMILES string of the molecule is Cn1c(=O)oc2cc(S(=O)(=O)N[C@@H](Cc3ccccc3)C(=O)NCCc3ccc(Cl)cc3)ccc21. The fourth-order valence-corrected chi connectivity index (χ4v) is 5.02. The molecule has 182 valence electrons. The van der Waals surface area contributed by atoms with Crippen LogP contribution in [0.5, 0.6) is 0 Å². The number of amides is 1. The van der Waals surface area contributed by atoms with Crippen molar-refractivity contribution in [3.8, 4) is 0 Å². The van der Waals surface area contributed by atoms with Gasteiger partial charge in [0.25, 0.3) is 0 Å². The first-order valence-corrected chi connectivity index (χ1v) is 12.8. The second-order valence-electron chi connectivity index (χ2n) is 8.09. The number of aryl methyl sites for hydroxylation is 1. The molecule has 0 bridgehead atoms. The fraction of sp³-hybridized carbons (Fsp3) is 0.200. The minimum atomic E-state index is -4.10. The van der Waals surface area contributed by atoms with Crippen LogP contribution in [-0.2, 0) is 34.7 Å². The highest BCUT2D eigenvalue weighted by atomic mass is 35.5. The normalized spacial score (nSPS) is 12.5. The topological polar surface area (TPSA) is 110 Å². The van der Waals surface area contributed by atoms with Gasteiger partial charge in [0.1, 0.15) is 6.04 Å². The molecule has 4 aromatic rings. The lowest BCUT2D eigenvalue weighted by Gasteiger charge is -2.19. The Morgan fingerprint density at radius 3 is 2.46 bits per heavy atom. The molecule has 0 saturated heterocycles. The smallest absolute Gasteiger partial charge is 0.408 e. The van der Waals surface area contributed by atoms with E-state index in [1.165, 1.54) is 29.8 Å². The summed E-state index contributed by atoms with van der Waals surface area (Å²) in [5, 5.41) is 3.45. The summed E-state index contributed by atoms with van der Waals surface area (Å²) < 4.78 is 35.3. The van der Waals surface area contributed by atoms with Gasteiger partial charge in [0, 0.05) is 24.7 Å². The van der Waals surface area contributed by atoms with Gasteiger partial charge in [-0.2, -0.15) is 4.72 Å². The summed E-state index contributed by atoms with van der Waals surface area (Å²) in [4.78, 5) is 24.7. The van der Waals surface area contributed by atoms with E-state index in [4.69, 9.17) is 16.0 Å². The van der Waals surface area contributed by atoms with Crippen LogP contribution < -0.4 is 15.8 Å². The number of rotatable bonds is 9. The largest absolute Gasteiger partial charge is 0.419 e. The molecule has 1 amide bonds. The first kappa shape index (κ1) is 24.7. The minimum absolute atomic E-state index is 0.105. The summed E-state index contributed by atoms with van der Waals surface area (Å²) in [6, 6.07) is 19.5. The molecule has 0 saturated carbocycles. The fourth-order valence-electron chi connectivity index (χ4n) is 3.68. The lowest BCUT2D eigenvalue weighted by Crippen LogP contribution is -2.48. The Balaban J connectivity index is 1.52. The van der Waals surface area contributed by atoms with Crippen LogP contribution >= 0.6 is 11.6 Å². The molecule has 4 rings (SSSR count). The van der Waals surface area contributed by atoms with Crippen molar-refractivity contribution >= 4 is 38.6 Å². The molecule has 0 spiro atoms. The number of carbonyl (C=O) groups is 1. The molecule has 0 aliphatic rings. The summed E-state index contributed by atoms with van der Waals surface area (Å²) in [6.07, 6.45) is 0.729. The van der Waals surface area contributed by atoms with Gasteiger partial charge in [-0.05, 0) is 48.2 Å². The van der Waals surface area contributed by atoms with E-state index in [0.717, 1.165) is 11.1 Å². The average molecular weight is 514 g/mol. The van der Waals surface area contributed by atoms with Gasteiger partial charge in [0.2, 0.25) is 15.9 Å². The Labute approximate surface area is 207 Å². The van der Waals surface area contributed by atoms with Crippen molar-refractivity contribution < 1.29 is 17.6 Å². The molecule has 0 radical (unpaired) electrons. The number of fused-ring (bicyclic) bond motifs is 1. The van der Waals surface area contributed by atoms with Gasteiger partial charge in [-0.1, -0.05) is 54.1 Å². The monoisotopic (exact) mass is 513 g/mol. The highest BCUT2D eigenvalue weighted by molar-refractivity contribution is 7.89. The molecule has 8 nitrogen and oxygen atoms in total. The predicted molar refractivity (Wildman–Crippen MR) is 134 cm³/mol. The number of nitrogens with zero attached hydrogens (tertiary/aromatic N) is 1. The number of sulfonamides is 1. The third-order valence-electron chi connectivity index (χ3n) is 5.60. The number of halogens is 1. The number of oxazole rings is 1. The maximum atomic E-state index is 13.2. The zero-order valence-electron chi connectivity index (χ0n) is 18.9. The van der Waals surface area contributed by atoms with Crippen molar-refractivity contribution in [2.45, 2.75) is 23.8 Å². The molecular formula is C25H24ClN3O5S. The predicted octanol–water partition coefficient (Wildman–Crippen LogP) is 3.03. The van der Waals surface area contributed by atoms with Crippen LogP contribution in [0.1, 0.15) is 11.1 Å². The van der Waals surface area contributed by atoms with Crippen LogP contribution in [-0.4, -0.2) is 31.5 Å². The van der Waals surface area contributed by atoms with Gasteiger partial charge in [-0.3, -0.25) is 9.36 Å². The molecule has 2 N–H and O–H groups in total. The first-order chi connectivity index (χ1) is 16.7. The summed E-state index contributed by atoms with van der Waals surface area (Å²) in [6.45, 7) is 0.328. The Kier molecular flexibility index (Phi) is 7.39. The van der Waals surface area contributed by atoms with Crippen LogP contribution in [0.3, 0.4) is 0 Å². The second kappa shape index (κ2) is 10.5. The van der Waals surface area contributed by atoms with Gasteiger partial charge in [0.15, 0.2) is 5.58 Å². The van der Waals surface area contributed by atoms with Crippen molar-refractivity contribution in [3.05, 3.63) is 99.5 Å². The number of hydrogen-bond acceptors (Lipinski definition) is 5. The summed E-state index contributed by atoms with van der Waals surface area (Å²) in [7, 11) is -2.57. The number of carbonyl (C=O) groups excluding carboxylic acids is 1. The number of hydrogen-bond donors (Lipinski definition) is 2. The van der Waals surface area contributed by atoms with E-state index in [1.807, 2.05) is 42.5 Å². The standard InChI is InChI=1S/C25H24ClN3O5S/c1-29-22-12-11-20(16-23(22)34-25(29)31)35(32,33)28-21(15-18-5-3-2-4-6-18)24(30)27-14-13-17-7-9-19(26)10-8-17/h2-12,16,21,28H,13-15H2,1H3,(H,27,30)/t21-/m0/s1. The van der Waals surface area contributed by atoms with Crippen LogP contribution in [0.25, 0.3) is 11.1 Å². The van der Waals surface area contributed by atoms with Gasteiger partial charge in [0.05, 0.1) is 10.4 Å². The van der Waals surface area contributed by atoms with Crippen LogP contribution in [0.15, 0.2) is 86.9 Å². The molecule has 1 aromatic heterocycles. The van der Waals surface area contributed by atoms with E-state index in [-0.39, 0.29) is 16.9 Å². The molecule has 0 aliphatic heterocycles. The van der Waals surface area contributed by atoms with Crippen molar-refractivity contribution in [1.29, 1.82) is 0 Å². The molecule has 0 unspecified atom stereocenters. The van der Waals surface area contributed by atoms with Crippen LogP contribution in [0, 0.1) is 0 Å². The minimum Gasteiger partial charge on any atom is -0.408 e. The van der Waals surface area contributed by atoms with E-state index in [0.29, 0.717) is 23.5 Å². The van der Waals surface area contributed by atoms with E-state index in [2.05, 4.69) is 10.0 Å². The summed E-state index contributed by atoms with van der Waals surface area (Å²) in [5.41, 5.74) is 2.41. The van der Waals surface area contributed by atoms with Crippen LogP contribution in [0.2, 0.25) is 5.02 Å².